The van der Waals surface area contributed by atoms with Gasteiger partial charge in [-0.15, -0.1) is 0 Å². The van der Waals surface area contributed by atoms with Crippen molar-refractivity contribution in [2.24, 2.45) is 0 Å². The van der Waals surface area contributed by atoms with Crippen molar-refractivity contribution in [2.45, 2.75) is 9.79 Å². The fraction of sp³-hybridized carbons (Fsp3) is 0. The molecule has 2 aromatic rings. The lowest BCUT2D eigenvalue weighted by Crippen LogP contribution is -2.05. The molecule has 0 fully saturated rings. The Balaban J connectivity index is 2.75. The molecule has 18 heavy (non-hydrogen) atoms. The molecule has 0 saturated carbocycles. The monoisotopic (exact) mass is 268 g/mol. The Hall–Kier alpha value is -2.08. The number of benzene rings is 2. The molecule has 6 heteroatoms. The molecular weight excluding hydrogens is 259 g/mol. The predicted molar refractivity (Wildman–Crippen MR) is 61.6 cm³/mol. The number of rotatable bonds is 2. The number of phenolic OH excluding ortho intramolecular Hbond substituents is 2. The number of para-hydroxylation sites is 1. The minimum Gasteiger partial charge on any atom is -0.507 e. The van der Waals surface area contributed by atoms with Crippen LogP contribution >= 0.6 is 0 Å². The molecule has 4 nitrogen and oxygen atoms in total. The molecule has 0 spiro atoms. The van der Waals surface area contributed by atoms with Crippen LogP contribution in [0, 0.1) is 5.82 Å². The number of hydrogen-bond acceptors (Lipinski definition) is 4. The smallest absolute Gasteiger partial charge is 0.216 e. The van der Waals surface area contributed by atoms with Gasteiger partial charge in [0.2, 0.25) is 9.84 Å². The molecule has 2 aromatic carbocycles. The summed E-state index contributed by atoms with van der Waals surface area (Å²) in [5.74, 6) is -2.27. The van der Waals surface area contributed by atoms with E-state index in [1.165, 1.54) is 24.3 Å². The first kappa shape index (κ1) is 12.4. The fourth-order valence-electron chi connectivity index (χ4n) is 1.56. The Morgan fingerprint density at radius 1 is 0.889 bits per heavy atom. The quantitative estimate of drug-likeness (QED) is 0.874. The number of halogens is 1. The zero-order valence-electron chi connectivity index (χ0n) is 9.04. The van der Waals surface area contributed by atoms with E-state index in [0.717, 1.165) is 18.2 Å². The molecule has 2 rings (SSSR count). The Bertz CT molecular complexity index is 675. The van der Waals surface area contributed by atoms with Gasteiger partial charge in [-0.3, -0.25) is 0 Å². The highest BCUT2D eigenvalue weighted by Crippen LogP contribution is 2.34. The molecule has 2 N–H and O–H groups in total. The fourth-order valence-corrected chi connectivity index (χ4v) is 3.05. The summed E-state index contributed by atoms with van der Waals surface area (Å²) in [7, 11) is -4.31. The Morgan fingerprint density at radius 3 is 2.11 bits per heavy atom. The second kappa shape index (κ2) is 4.30. The van der Waals surface area contributed by atoms with Crippen LogP contribution in [0.5, 0.6) is 11.5 Å². The summed E-state index contributed by atoms with van der Waals surface area (Å²) in [6.07, 6.45) is 0. The van der Waals surface area contributed by atoms with Crippen LogP contribution in [0.1, 0.15) is 0 Å². The van der Waals surface area contributed by atoms with E-state index in [4.69, 9.17) is 0 Å². The number of sulfone groups is 1. The summed E-state index contributed by atoms with van der Waals surface area (Å²) in [6.45, 7) is 0. The highest BCUT2D eigenvalue weighted by Gasteiger charge is 2.27. The molecule has 0 atom stereocenters. The normalized spacial score (nSPS) is 11.4. The van der Waals surface area contributed by atoms with E-state index >= 15 is 0 Å². The Kier molecular flexibility index (Phi) is 2.96. The van der Waals surface area contributed by atoms with Crippen LogP contribution in [0.15, 0.2) is 52.3 Å². The molecule has 0 bridgehead atoms. The lowest BCUT2D eigenvalue weighted by molar-refractivity contribution is 0.441. The van der Waals surface area contributed by atoms with E-state index < -0.39 is 36.9 Å². The largest absolute Gasteiger partial charge is 0.507 e. The highest BCUT2D eigenvalue weighted by atomic mass is 32.2. The van der Waals surface area contributed by atoms with Crippen LogP contribution in [-0.4, -0.2) is 18.6 Å². The van der Waals surface area contributed by atoms with E-state index in [9.17, 15) is 23.0 Å². The van der Waals surface area contributed by atoms with Crippen LogP contribution in [0.25, 0.3) is 0 Å². The van der Waals surface area contributed by atoms with E-state index in [-0.39, 0.29) is 0 Å². The number of phenols is 2. The lowest BCUT2D eigenvalue weighted by atomic mass is 10.3. The van der Waals surface area contributed by atoms with E-state index in [1.54, 1.807) is 0 Å². The van der Waals surface area contributed by atoms with Crippen molar-refractivity contribution in [3.05, 3.63) is 48.3 Å². The van der Waals surface area contributed by atoms with Gasteiger partial charge in [0.15, 0.2) is 0 Å². The van der Waals surface area contributed by atoms with Crippen molar-refractivity contribution in [3.8, 4) is 11.5 Å². The van der Waals surface area contributed by atoms with Crippen LogP contribution in [0.4, 0.5) is 4.39 Å². The Labute approximate surface area is 103 Å². The van der Waals surface area contributed by atoms with E-state index in [2.05, 4.69) is 0 Å². The van der Waals surface area contributed by atoms with Crippen LogP contribution in [-0.2, 0) is 9.84 Å². The van der Waals surface area contributed by atoms with Gasteiger partial charge in [0.05, 0.1) is 0 Å². The highest BCUT2D eigenvalue weighted by molar-refractivity contribution is 7.91. The summed E-state index contributed by atoms with van der Waals surface area (Å²) < 4.78 is 37.8. The zero-order valence-corrected chi connectivity index (χ0v) is 9.86. The van der Waals surface area contributed by atoms with E-state index in [1.807, 2.05) is 0 Å². The van der Waals surface area contributed by atoms with Crippen molar-refractivity contribution in [1.82, 2.24) is 0 Å². The third-order valence-corrected chi connectivity index (χ3v) is 4.24. The number of hydrogen-bond donors (Lipinski definition) is 2. The molecule has 0 amide bonds. The maximum atomic E-state index is 13.5. The van der Waals surface area contributed by atoms with Crippen LogP contribution in [0.3, 0.4) is 0 Å². The summed E-state index contributed by atoms with van der Waals surface area (Å²) in [4.78, 5) is -1.29. The third-order valence-electron chi connectivity index (χ3n) is 2.37. The van der Waals surface area contributed by atoms with Crippen LogP contribution in [0.2, 0.25) is 0 Å². The average Bonchev–Trinajstić information content (AvgIpc) is 2.28. The van der Waals surface area contributed by atoms with Gasteiger partial charge in [-0.1, -0.05) is 18.2 Å². The minimum absolute atomic E-state index is 0.453. The summed E-state index contributed by atoms with van der Waals surface area (Å²) >= 11 is 0. The van der Waals surface area contributed by atoms with E-state index in [0.29, 0.717) is 0 Å². The van der Waals surface area contributed by atoms with Gasteiger partial charge >= 0.3 is 0 Å². The molecule has 94 valence electrons. The van der Waals surface area contributed by atoms with Gasteiger partial charge in [-0.05, 0) is 24.3 Å². The average molecular weight is 268 g/mol. The molecule has 0 aromatic heterocycles. The van der Waals surface area contributed by atoms with Gasteiger partial charge in [0.1, 0.15) is 27.1 Å². The van der Waals surface area contributed by atoms with Crippen molar-refractivity contribution in [3.63, 3.8) is 0 Å². The minimum atomic E-state index is -4.31. The summed E-state index contributed by atoms with van der Waals surface area (Å²) in [5, 5.41) is 19.0. The second-order valence-corrected chi connectivity index (χ2v) is 5.41. The molecule has 0 aliphatic heterocycles. The maximum absolute atomic E-state index is 13.5. The summed E-state index contributed by atoms with van der Waals surface area (Å²) in [6, 6.07) is 8.32. The predicted octanol–water partition coefficient (Wildman–Crippen LogP) is 2.07. The maximum Gasteiger partial charge on any atom is 0.216 e. The lowest BCUT2D eigenvalue weighted by Gasteiger charge is -2.08. The van der Waals surface area contributed by atoms with Crippen molar-refractivity contribution in [1.29, 1.82) is 0 Å². The first-order chi connectivity index (χ1) is 8.44. The van der Waals surface area contributed by atoms with Crippen LogP contribution < -0.4 is 0 Å². The summed E-state index contributed by atoms with van der Waals surface area (Å²) in [5.41, 5.74) is 0. The first-order valence-electron chi connectivity index (χ1n) is 4.95. The molecule has 0 unspecified atom stereocenters. The van der Waals surface area contributed by atoms with Crippen molar-refractivity contribution < 1.29 is 23.0 Å². The van der Waals surface area contributed by atoms with Crippen molar-refractivity contribution in [2.75, 3.05) is 0 Å². The molecule has 0 saturated heterocycles. The molecular formula is C12H9FO4S. The van der Waals surface area contributed by atoms with Gasteiger partial charge in [0, 0.05) is 0 Å². The molecule has 0 aliphatic rings. The second-order valence-electron chi connectivity index (χ2n) is 3.56. The van der Waals surface area contributed by atoms with Gasteiger partial charge in [-0.2, -0.15) is 0 Å². The third kappa shape index (κ3) is 1.91. The molecule has 0 aliphatic carbocycles. The molecule has 0 radical (unpaired) electrons. The molecule has 0 heterocycles. The first-order valence-corrected chi connectivity index (χ1v) is 6.43. The SMILES string of the molecule is O=S(=O)(c1ccccc1O)c1c(O)cccc1F. The Morgan fingerprint density at radius 2 is 1.50 bits per heavy atom. The van der Waals surface area contributed by atoms with Gasteiger partial charge in [0.25, 0.3) is 0 Å². The zero-order chi connectivity index (χ0) is 13.3. The number of aromatic hydroxyl groups is 2. The topological polar surface area (TPSA) is 74.6 Å². The van der Waals surface area contributed by atoms with Gasteiger partial charge in [-0.25, -0.2) is 12.8 Å². The van der Waals surface area contributed by atoms with Crippen molar-refractivity contribution >= 4 is 9.84 Å². The standard InChI is InChI=1S/C12H9FO4S/c13-8-4-3-6-10(15)12(8)18(16,17)11-7-2-1-5-9(11)14/h1-7,14-15H. The van der Waals surface area contributed by atoms with Gasteiger partial charge < -0.3 is 10.2 Å².